The fraction of sp³-hybridized carbons (Fsp3) is 0.238. The first kappa shape index (κ1) is 17.8. The van der Waals surface area contributed by atoms with Gasteiger partial charge < -0.3 is 9.64 Å². The largest absolute Gasteiger partial charge is 0.481 e. The Balaban J connectivity index is 1.51. The molecular weight excluding hydrogens is 361 g/mol. The molecule has 138 valence electrons. The van der Waals surface area contributed by atoms with E-state index in [-0.39, 0.29) is 5.82 Å². The first-order valence-electron chi connectivity index (χ1n) is 8.74. The van der Waals surface area contributed by atoms with Crippen LogP contribution >= 0.6 is 11.8 Å². The normalized spacial score (nSPS) is 15.1. The predicted molar refractivity (Wildman–Crippen MR) is 110 cm³/mol. The lowest BCUT2D eigenvalue weighted by Gasteiger charge is -2.41. The number of likely N-dealkylation sites (tertiary alicyclic amines) is 1. The summed E-state index contributed by atoms with van der Waals surface area (Å²) in [6.07, 6.45) is 3.75. The zero-order valence-corrected chi connectivity index (χ0v) is 16.0. The van der Waals surface area contributed by atoms with Crippen molar-refractivity contribution in [2.45, 2.75) is 5.92 Å². The third-order valence-electron chi connectivity index (χ3n) is 4.81. The highest BCUT2D eigenvalue weighted by Crippen LogP contribution is 2.34. The number of amidine groups is 1. The molecule has 1 saturated heterocycles. The molecule has 4 rings (SSSR count). The molecule has 1 aliphatic rings. The standard InChI is InChI=1S/C21H20FN3OS/c1-26-20-9-7-17(11-23-20)24-21(27-2)25-12-15(13-25)18-5-3-4-14-10-16(22)6-8-19(14)18/h3-11,15H,12-13H2,1-2H3. The van der Waals surface area contributed by atoms with Gasteiger partial charge in [-0.15, -0.1) is 0 Å². The second kappa shape index (κ2) is 7.56. The van der Waals surface area contributed by atoms with Crippen LogP contribution < -0.4 is 4.74 Å². The van der Waals surface area contributed by atoms with Crippen LogP contribution in [0.15, 0.2) is 59.7 Å². The van der Waals surface area contributed by atoms with Crippen molar-refractivity contribution in [1.29, 1.82) is 0 Å². The highest BCUT2D eigenvalue weighted by molar-refractivity contribution is 8.13. The first-order valence-corrected chi connectivity index (χ1v) is 9.96. The number of aromatic nitrogens is 1. The maximum atomic E-state index is 13.5. The van der Waals surface area contributed by atoms with Gasteiger partial charge in [-0.25, -0.2) is 14.4 Å². The summed E-state index contributed by atoms with van der Waals surface area (Å²) in [7, 11) is 1.60. The van der Waals surface area contributed by atoms with Crippen LogP contribution in [0.25, 0.3) is 10.8 Å². The predicted octanol–water partition coefficient (Wildman–Crippen LogP) is 4.83. The number of aliphatic imine (C=N–C) groups is 1. The summed E-state index contributed by atoms with van der Waals surface area (Å²) in [5, 5.41) is 3.06. The van der Waals surface area contributed by atoms with E-state index >= 15 is 0 Å². The molecule has 0 radical (unpaired) electrons. The molecule has 0 spiro atoms. The number of methoxy groups -OCH3 is 1. The Kier molecular flexibility index (Phi) is 4.99. The molecule has 1 aliphatic heterocycles. The number of rotatable bonds is 3. The number of nitrogens with zero attached hydrogens (tertiary/aromatic N) is 3. The van der Waals surface area contributed by atoms with Crippen LogP contribution in [0.2, 0.25) is 0 Å². The third kappa shape index (κ3) is 3.62. The monoisotopic (exact) mass is 381 g/mol. The molecule has 0 aliphatic carbocycles. The number of benzene rings is 2. The van der Waals surface area contributed by atoms with Gasteiger partial charge in [0.1, 0.15) is 5.82 Å². The van der Waals surface area contributed by atoms with Gasteiger partial charge in [0.05, 0.1) is 19.0 Å². The number of ether oxygens (including phenoxy) is 1. The molecule has 2 heterocycles. The smallest absolute Gasteiger partial charge is 0.213 e. The van der Waals surface area contributed by atoms with Crippen molar-refractivity contribution in [3.05, 3.63) is 66.1 Å². The van der Waals surface area contributed by atoms with E-state index in [1.807, 2.05) is 36.6 Å². The lowest BCUT2D eigenvalue weighted by molar-refractivity contribution is 0.259. The van der Waals surface area contributed by atoms with Crippen LogP contribution in [0.5, 0.6) is 5.88 Å². The molecule has 0 amide bonds. The molecule has 1 fully saturated rings. The van der Waals surface area contributed by atoms with Crippen molar-refractivity contribution in [2.75, 3.05) is 26.5 Å². The molecule has 4 nitrogen and oxygen atoms in total. The van der Waals surface area contributed by atoms with Gasteiger partial charge in [0.2, 0.25) is 5.88 Å². The first-order chi connectivity index (χ1) is 13.2. The maximum absolute atomic E-state index is 13.5. The average molecular weight is 381 g/mol. The van der Waals surface area contributed by atoms with E-state index in [9.17, 15) is 4.39 Å². The molecule has 0 unspecified atom stereocenters. The van der Waals surface area contributed by atoms with Crippen molar-refractivity contribution >= 4 is 33.4 Å². The zero-order chi connectivity index (χ0) is 18.8. The minimum absolute atomic E-state index is 0.195. The molecular formula is C21H20FN3OS. The minimum Gasteiger partial charge on any atom is -0.481 e. The van der Waals surface area contributed by atoms with Gasteiger partial charge in [0.25, 0.3) is 0 Å². The van der Waals surface area contributed by atoms with Gasteiger partial charge in [-0.05, 0) is 40.8 Å². The number of halogens is 1. The Bertz CT molecular complexity index is 984. The Morgan fingerprint density at radius 2 is 2.07 bits per heavy atom. The summed E-state index contributed by atoms with van der Waals surface area (Å²) in [6.45, 7) is 1.81. The number of hydrogen-bond acceptors (Lipinski definition) is 4. The maximum Gasteiger partial charge on any atom is 0.213 e. The van der Waals surface area contributed by atoms with E-state index < -0.39 is 0 Å². The topological polar surface area (TPSA) is 37.7 Å². The van der Waals surface area contributed by atoms with Crippen molar-refractivity contribution in [1.82, 2.24) is 9.88 Å². The number of pyridine rings is 1. The fourth-order valence-electron chi connectivity index (χ4n) is 3.38. The van der Waals surface area contributed by atoms with Gasteiger partial charge in [-0.1, -0.05) is 36.0 Å². The van der Waals surface area contributed by atoms with Crippen molar-refractivity contribution in [3.63, 3.8) is 0 Å². The van der Waals surface area contributed by atoms with E-state index in [1.165, 1.54) is 11.6 Å². The third-order valence-corrected chi connectivity index (χ3v) is 5.52. The Morgan fingerprint density at radius 1 is 1.22 bits per heavy atom. The number of hydrogen-bond donors (Lipinski definition) is 0. The molecule has 3 aromatic rings. The van der Waals surface area contributed by atoms with Gasteiger partial charge in [-0.3, -0.25) is 0 Å². The van der Waals surface area contributed by atoms with E-state index in [4.69, 9.17) is 9.73 Å². The van der Waals surface area contributed by atoms with Crippen LogP contribution in [0.4, 0.5) is 10.1 Å². The van der Waals surface area contributed by atoms with Crippen LogP contribution in [0, 0.1) is 5.82 Å². The van der Waals surface area contributed by atoms with Gasteiger partial charge in [0, 0.05) is 25.1 Å². The summed E-state index contributed by atoms with van der Waals surface area (Å²) < 4.78 is 18.6. The molecule has 0 atom stereocenters. The van der Waals surface area contributed by atoms with Gasteiger partial charge in [0.15, 0.2) is 5.17 Å². The van der Waals surface area contributed by atoms with Crippen LogP contribution in [0.1, 0.15) is 11.5 Å². The Hall–Kier alpha value is -2.60. The summed E-state index contributed by atoms with van der Waals surface area (Å²) in [5.41, 5.74) is 2.08. The van der Waals surface area contributed by atoms with Crippen LogP contribution in [-0.4, -0.2) is 41.5 Å². The summed E-state index contributed by atoms with van der Waals surface area (Å²) in [6, 6.07) is 14.8. The lowest BCUT2D eigenvalue weighted by Crippen LogP contribution is -2.47. The van der Waals surface area contributed by atoms with E-state index in [1.54, 1.807) is 31.1 Å². The average Bonchev–Trinajstić information content (AvgIpc) is 2.66. The number of thioether (sulfide) groups is 1. The van der Waals surface area contributed by atoms with E-state index in [2.05, 4.69) is 16.0 Å². The molecule has 2 aromatic carbocycles. The van der Waals surface area contributed by atoms with Gasteiger partial charge in [-0.2, -0.15) is 0 Å². The number of fused-ring (bicyclic) bond motifs is 1. The Morgan fingerprint density at radius 3 is 2.78 bits per heavy atom. The zero-order valence-electron chi connectivity index (χ0n) is 15.2. The van der Waals surface area contributed by atoms with E-state index in [0.29, 0.717) is 11.8 Å². The minimum atomic E-state index is -0.195. The summed E-state index contributed by atoms with van der Waals surface area (Å²) in [5.74, 6) is 0.807. The summed E-state index contributed by atoms with van der Waals surface area (Å²) in [4.78, 5) is 11.2. The second-order valence-corrected chi connectivity index (χ2v) is 7.25. The molecule has 6 heteroatoms. The summed E-state index contributed by atoms with van der Waals surface area (Å²) >= 11 is 1.63. The van der Waals surface area contributed by atoms with Crippen molar-refractivity contribution < 1.29 is 9.13 Å². The lowest BCUT2D eigenvalue weighted by atomic mass is 9.88. The molecule has 0 bridgehead atoms. The Labute approximate surface area is 162 Å². The molecule has 0 N–H and O–H groups in total. The fourth-order valence-corrected chi connectivity index (χ4v) is 3.99. The van der Waals surface area contributed by atoms with Crippen molar-refractivity contribution in [3.8, 4) is 5.88 Å². The molecule has 0 saturated carbocycles. The van der Waals surface area contributed by atoms with Gasteiger partial charge >= 0.3 is 0 Å². The quantitative estimate of drug-likeness (QED) is 0.481. The van der Waals surface area contributed by atoms with Crippen molar-refractivity contribution in [2.24, 2.45) is 4.99 Å². The highest BCUT2D eigenvalue weighted by atomic mass is 32.2. The van der Waals surface area contributed by atoms with E-state index in [0.717, 1.165) is 34.7 Å². The SMILES string of the molecule is COc1ccc(N=C(SC)N2CC(c3cccc4cc(F)ccc34)C2)cn1. The second-order valence-electron chi connectivity index (χ2n) is 6.47. The van der Waals surface area contributed by atoms with Crippen LogP contribution in [0.3, 0.4) is 0 Å². The molecule has 27 heavy (non-hydrogen) atoms. The molecule has 1 aromatic heterocycles. The highest BCUT2D eigenvalue weighted by Gasteiger charge is 2.31. The van der Waals surface area contributed by atoms with Crippen LogP contribution in [-0.2, 0) is 0 Å².